The maximum absolute atomic E-state index is 12.0. The normalized spacial score (nSPS) is 10.1. The van der Waals surface area contributed by atoms with Crippen LogP contribution in [-0.4, -0.2) is 23.3 Å². The molecule has 0 bridgehead atoms. The molecule has 0 spiro atoms. The minimum atomic E-state index is -0.696. The standard InChI is InChI=1S/C17H15NO5/c1-2-12-3-5-13(6-4-12)16(19)11-23-17(20)14-7-9-15(10-8-14)18(21)22/h3-10H,2,11H2,1H3. The van der Waals surface area contributed by atoms with Crippen LogP contribution in [0.15, 0.2) is 48.5 Å². The van der Waals surface area contributed by atoms with E-state index in [1.54, 1.807) is 12.1 Å². The molecule has 6 nitrogen and oxygen atoms in total. The third-order valence-corrected chi connectivity index (χ3v) is 3.33. The van der Waals surface area contributed by atoms with Crippen LogP contribution in [0.25, 0.3) is 0 Å². The number of nitrogens with zero attached hydrogens (tertiary/aromatic N) is 1. The summed E-state index contributed by atoms with van der Waals surface area (Å²) in [6.07, 6.45) is 0.879. The second kappa shape index (κ2) is 7.31. The smallest absolute Gasteiger partial charge is 0.338 e. The summed E-state index contributed by atoms with van der Waals surface area (Å²) in [6, 6.07) is 12.1. The lowest BCUT2D eigenvalue weighted by Crippen LogP contribution is -2.14. The Morgan fingerprint density at radius 2 is 1.57 bits per heavy atom. The van der Waals surface area contributed by atoms with Crippen molar-refractivity contribution >= 4 is 17.4 Å². The molecule has 23 heavy (non-hydrogen) atoms. The summed E-state index contributed by atoms with van der Waals surface area (Å²) >= 11 is 0. The van der Waals surface area contributed by atoms with E-state index in [1.807, 2.05) is 19.1 Å². The number of benzene rings is 2. The molecule has 2 aromatic rings. The van der Waals surface area contributed by atoms with Crippen molar-refractivity contribution in [1.29, 1.82) is 0 Å². The summed E-state index contributed by atoms with van der Waals surface area (Å²) < 4.78 is 4.94. The molecule has 0 N–H and O–H groups in total. The van der Waals surface area contributed by atoms with E-state index in [4.69, 9.17) is 4.74 Å². The summed E-state index contributed by atoms with van der Waals surface area (Å²) in [5.41, 5.74) is 1.63. The summed E-state index contributed by atoms with van der Waals surface area (Å²) in [5, 5.41) is 10.5. The highest BCUT2D eigenvalue weighted by molar-refractivity contribution is 5.99. The summed E-state index contributed by atoms with van der Waals surface area (Å²) in [6.45, 7) is 1.64. The zero-order chi connectivity index (χ0) is 16.8. The average molecular weight is 313 g/mol. The second-order valence-electron chi connectivity index (χ2n) is 4.85. The number of nitro groups is 1. The van der Waals surface area contributed by atoms with Gasteiger partial charge >= 0.3 is 5.97 Å². The van der Waals surface area contributed by atoms with Gasteiger partial charge in [-0.05, 0) is 24.1 Å². The molecule has 0 unspecified atom stereocenters. The summed E-state index contributed by atoms with van der Waals surface area (Å²) in [4.78, 5) is 33.8. The molecule has 0 atom stereocenters. The van der Waals surface area contributed by atoms with E-state index in [0.717, 1.165) is 12.0 Å². The molecular weight excluding hydrogens is 298 g/mol. The van der Waals surface area contributed by atoms with Gasteiger partial charge in [0, 0.05) is 17.7 Å². The van der Waals surface area contributed by atoms with Crippen molar-refractivity contribution in [3.05, 3.63) is 75.3 Å². The molecule has 0 amide bonds. The van der Waals surface area contributed by atoms with Gasteiger partial charge in [0.2, 0.25) is 0 Å². The van der Waals surface area contributed by atoms with Crippen molar-refractivity contribution in [3.8, 4) is 0 Å². The number of hydrogen-bond donors (Lipinski definition) is 0. The van der Waals surface area contributed by atoms with Gasteiger partial charge in [-0.25, -0.2) is 4.79 Å². The van der Waals surface area contributed by atoms with Crippen molar-refractivity contribution in [1.82, 2.24) is 0 Å². The number of esters is 1. The number of aryl methyl sites for hydroxylation is 1. The van der Waals surface area contributed by atoms with E-state index >= 15 is 0 Å². The Hall–Kier alpha value is -3.02. The average Bonchev–Trinajstić information content (AvgIpc) is 2.59. The van der Waals surface area contributed by atoms with Crippen molar-refractivity contribution in [2.45, 2.75) is 13.3 Å². The van der Waals surface area contributed by atoms with Gasteiger partial charge in [0.1, 0.15) is 0 Å². The van der Waals surface area contributed by atoms with E-state index < -0.39 is 10.9 Å². The molecule has 0 radical (unpaired) electrons. The first kappa shape index (κ1) is 16.4. The summed E-state index contributed by atoms with van der Waals surface area (Å²) in [7, 11) is 0. The van der Waals surface area contributed by atoms with Crippen LogP contribution in [0.3, 0.4) is 0 Å². The molecule has 2 aromatic carbocycles. The lowest BCUT2D eigenvalue weighted by molar-refractivity contribution is -0.384. The number of ketones is 1. The Bertz CT molecular complexity index is 720. The molecule has 6 heteroatoms. The number of carbonyl (C=O) groups excluding carboxylic acids is 2. The van der Waals surface area contributed by atoms with Crippen molar-refractivity contribution in [2.24, 2.45) is 0 Å². The highest BCUT2D eigenvalue weighted by atomic mass is 16.6. The highest BCUT2D eigenvalue weighted by Gasteiger charge is 2.13. The lowest BCUT2D eigenvalue weighted by atomic mass is 10.1. The molecule has 0 fully saturated rings. The number of rotatable bonds is 6. The highest BCUT2D eigenvalue weighted by Crippen LogP contribution is 2.13. The quantitative estimate of drug-likeness (QED) is 0.354. The first-order valence-electron chi connectivity index (χ1n) is 7.05. The first-order valence-corrected chi connectivity index (χ1v) is 7.05. The Balaban J connectivity index is 1.94. The third kappa shape index (κ3) is 4.23. The molecule has 2 rings (SSSR count). The van der Waals surface area contributed by atoms with Gasteiger partial charge in [0.15, 0.2) is 12.4 Å². The third-order valence-electron chi connectivity index (χ3n) is 3.33. The van der Waals surface area contributed by atoms with Gasteiger partial charge in [0.05, 0.1) is 10.5 Å². The van der Waals surface area contributed by atoms with Crippen LogP contribution in [0.5, 0.6) is 0 Å². The minimum Gasteiger partial charge on any atom is -0.454 e. The van der Waals surface area contributed by atoms with Crippen LogP contribution < -0.4 is 0 Å². The van der Waals surface area contributed by atoms with E-state index in [9.17, 15) is 19.7 Å². The second-order valence-corrected chi connectivity index (χ2v) is 4.85. The number of nitro benzene ring substituents is 1. The summed E-state index contributed by atoms with van der Waals surface area (Å²) in [5.74, 6) is -0.999. The minimum absolute atomic E-state index is 0.117. The van der Waals surface area contributed by atoms with E-state index in [-0.39, 0.29) is 23.6 Å². The fraction of sp³-hybridized carbons (Fsp3) is 0.176. The van der Waals surface area contributed by atoms with E-state index in [2.05, 4.69) is 0 Å². The van der Waals surface area contributed by atoms with Crippen LogP contribution in [0.2, 0.25) is 0 Å². The van der Waals surface area contributed by atoms with Crippen molar-refractivity contribution < 1.29 is 19.2 Å². The van der Waals surface area contributed by atoms with Gasteiger partial charge in [-0.1, -0.05) is 31.2 Å². The SMILES string of the molecule is CCc1ccc(C(=O)COC(=O)c2ccc([N+](=O)[O-])cc2)cc1. The van der Waals surface area contributed by atoms with Gasteiger partial charge < -0.3 is 4.74 Å². The Labute approximate surface area is 132 Å². The number of carbonyl (C=O) groups is 2. The maximum atomic E-state index is 12.0. The largest absolute Gasteiger partial charge is 0.454 e. The van der Waals surface area contributed by atoms with Crippen LogP contribution in [-0.2, 0) is 11.2 Å². The van der Waals surface area contributed by atoms with Gasteiger partial charge in [-0.2, -0.15) is 0 Å². The molecule has 0 heterocycles. The van der Waals surface area contributed by atoms with Crippen molar-refractivity contribution in [3.63, 3.8) is 0 Å². The number of non-ortho nitro benzene ring substituents is 1. The van der Waals surface area contributed by atoms with E-state index in [0.29, 0.717) is 5.56 Å². The fourth-order valence-corrected chi connectivity index (χ4v) is 1.94. The molecule has 0 aliphatic heterocycles. The van der Waals surface area contributed by atoms with E-state index in [1.165, 1.54) is 24.3 Å². The monoisotopic (exact) mass is 313 g/mol. The molecule has 0 saturated heterocycles. The molecule has 0 aromatic heterocycles. The Kier molecular flexibility index (Phi) is 5.19. The molecule has 118 valence electrons. The number of hydrogen-bond acceptors (Lipinski definition) is 5. The lowest BCUT2D eigenvalue weighted by Gasteiger charge is -2.05. The van der Waals surface area contributed by atoms with Crippen LogP contribution in [0, 0.1) is 10.1 Å². The molecular formula is C17H15NO5. The van der Waals surface area contributed by atoms with Crippen LogP contribution in [0.4, 0.5) is 5.69 Å². The van der Waals surface area contributed by atoms with Gasteiger partial charge in [-0.15, -0.1) is 0 Å². The number of ether oxygens (including phenoxy) is 1. The predicted octanol–water partition coefficient (Wildman–Crippen LogP) is 3.20. The maximum Gasteiger partial charge on any atom is 0.338 e. The topological polar surface area (TPSA) is 86.5 Å². The van der Waals surface area contributed by atoms with Crippen LogP contribution >= 0.6 is 0 Å². The van der Waals surface area contributed by atoms with Gasteiger partial charge in [0.25, 0.3) is 5.69 Å². The van der Waals surface area contributed by atoms with Crippen molar-refractivity contribution in [2.75, 3.05) is 6.61 Å². The number of Topliss-reactive ketones (excluding diaryl/α,β-unsaturated/α-hetero) is 1. The zero-order valence-electron chi connectivity index (χ0n) is 12.5. The van der Waals surface area contributed by atoms with Gasteiger partial charge in [-0.3, -0.25) is 14.9 Å². The molecule has 0 aliphatic carbocycles. The Morgan fingerprint density at radius 1 is 1.00 bits per heavy atom. The first-order chi connectivity index (χ1) is 11.0. The Morgan fingerprint density at radius 3 is 2.09 bits per heavy atom. The fourth-order valence-electron chi connectivity index (χ4n) is 1.94. The zero-order valence-corrected chi connectivity index (χ0v) is 12.5. The molecule has 0 aliphatic rings. The predicted molar refractivity (Wildman–Crippen MR) is 83.5 cm³/mol. The molecule has 0 saturated carbocycles. The van der Waals surface area contributed by atoms with Crippen LogP contribution in [0.1, 0.15) is 33.2 Å².